The quantitative estimate of drug-likeness (QED) is 0.368. The number of nitrogens with zero attached hydrogens (tertiary/aromatic N) is 2. The average molecular weight is 615 g/mol. The number of hydrogen-bond acceptors (Lipinski definition) is 5. The summed E-state index contributed by atoms with van der Waals surface area (Å²) in [6.07, 6.45) is 3.55. The summed E-state index contributed by atoms with van der Waals surface area (Å²) in [5, 5.41) is 0.232. The van der Waals surface area contributed by atoms with E-state index in [9.17, 15) is 14.4 Å². The number of ether oxygens (including phenoxy) is 1. The Bertz CT molecular complexity index is 1110. The largest absolute Gasteiger partial charge is 0.487 e. The number of benzene rings is 2. The summed E-state index contributed by atoms with van der Waals surface area (Å²) >= 11 is 13.8. The molecule has 0 radical (unpaired) electrons. The van der Waals surface area contributed by atoms with Crippen molar-refractivity contribution in [2.24, 2.45) is 0 Å². The minimum Gasteiger partial charge on any atom is -0.487 e. The van der Waals surface area contributed by atoms with E-state index >= 15 is 0 Å². The van der Waals surface area contributed by atoms with Crippen LogP contribution in [0.5, 0.6) is 5.75 Å². The number of amides is 3. The number of halogens is 3. The summed E-state index contributed by atoms with van der Waals surface area (Å²) in [5.41, 5.74) is 1.68. The van der Waals surface area contributed by atoms with Gasteiger partial charge in [0.25, 0.3) is 11.1 Å². The van der Waals surface area contributed by atoms with Crippen molar-refractivity contribution in [3.05, 3.63) is 66.4 Å². The van der Waals surface area contributed by atoms with Crippen molar-refractivity contribution in [2.45, 2.75) is 19.4 Å². The standard InChI is InChI=1S/C23H19Br2ClN2O4S/c24-17-9-15(10-18(25)21(17)32-13-14-3-5-16(26)6-4-14)11-19-22(30)28(23(31)33-19)12-20(29)27-7-1-2-8-27/h3-6,9-11H,1-2,7-8,12-13H2/b19-11+. The van der Waals surface area contributed by atoms with Crippen molar-refractivity contribution in [1.82, 2.24) is 9.80 Å². The summed E-state index contributed by atoms with van der Waals surface area (Å²) < 4.78 is 7.32. The molecule has 2 aliphatic rings. The zero-order chi connectivity index (χ0) is 23.5. The van der Waals surface area contributed by atoms with E-state index in [0.29, 0.717) is 45.0 Å². The van der Waals surface area contributed by atoms with Gasteiger partial charge >= 0.3 is 0 Å². The maximum Gasteiger partial charge on any atom is 0.294 e. The lowest BCUT2D eigenvalue weighted by atomic mass is 10.2. The molecular formula is C23H19Br2ClN2O4S. The van der Waals surface area contributed by atoms with Gasteiger partial charge in [0, 0.05) is 18.1 Å². The van der Waals surface area contributed by atoms with Crippen molar-refractivity contribution in [2.75, 3.05) is 19.6 Å². The predicted octanol–water partition coefficient (Wildman–Crippen LogP) is 6.10. The van der Waals surface area contributed by atoms with Gasteiger partial charge in [-0.1, -0.05) is 23.7 Å². The van der Waals surface area contributed by atoms with Gasteiger partial charge in [0.05, 0.1) is 13.9 Å². The highest BCUT2D eigenvalue weighted by atomic mass is 79.9. The van der Waals surface area contributed by atoms with Gasteiger partial charge < -0.3 is 9.64 Å². The minimum absolute atomic E-state index is 0.191. The highest BCUT2D eigenvalue weighted by Crippen LogP contribution is 2.38. The molecule has 10 heteroatoms. The van der Waals surface area contributed by atoms with Gasteiger partial charge in [0.15, 0.2) is 0 Å². The average Bonchev–Trinajstić information content (AvgIpc) is 3.39. The third-order valence-corrected chi connectivity index (χ3v) is 7.58. The van der Waals surface area contributed by atoms with Crippen molar-refractivity contribution in [3.8, 4) is 5.75 Å². The molecule has 0 aromatic heterocycles. The molecule has 4 rings (SSSR count). The Morgan fingerprint density at radius 2 is 1.73 bits per heavy atom. The maximum atomic E-state index is 12.8. The highest BCUT2D eigenvalue weighted by molar-refractivity contribution is 9.11. The highest BCUT2D eigenvalue weighted by Gasteiger charge is 2.37. The number of thioether (sulfide) groups is 1. The molecule has 2 fully saturated rings. The molecule has 0 unspecified atom stereocenters. The molecular weight excluding hydrogens is 596 g/mol. The maximum absolute atomic E-state index is 12.8. The van der Waals surface area contributed by atoms with Crippen LogP contribution in [-0.4, -0.2) is 46.5 Å². The molecule has 2 aromatic carbocycles. The molecule has 2 saturated heterocycles. The van der Waals surface area contributed by atoms with Crippen molar-refractivity contribution in [1.29, 1.82) is 0 Å². The van der Waals surface area contributed by atoms with Crippen LogP contribution in [0.1, 0.15) is 24.0 Å². The molecule has 2 aromatic rings. The molecule has 2 aliphatic heterocycles. The Morgan fingerprint density at radius 3 is 2.36 bits per heavy atom. The van der Waals surface area contributed by atoms with Crippen LogP contribution in [0.4, 0.5) is 4.79 Å². The molecule has 0 N–H and O–H groups in total. The Labute approximate surface area is 217 Å². The van der Waals surface area contributed by atoms with E-state index in [0.717, 1.165) is 35.1 Å². The first kappa shape index (κ1) is 24.3. The van der Waals surface area contributed by atoms with Crippen LogP contribution in [0.3, 0.4) is 0 Å². The van der Waals surface area contributed by atoms with Gasteiger partial charge in [-0.2, -0.15) is 0 Å². The van der Waals surface area contributed by atoms with E-state index in [1.165, 1.54) is 0 Å². The lowest BCUT2D eigenvalue weighted by Gasteiger charge is -2.18. The summed E-state index contributed by atoms with van der Waals surface area (Å²) in [6, 6.07) is 11.0. The van der Waals surface area contributed by atoms with Crippen LogP contribution in [0.25, 0.3) is 6.08 Å². The number of carbonyl (C=O) groups excluding carboxylic acids is 3. The number of rotatable bonds is 6. The van der Waals surface area contributed by atoms with E-state index in [1.54, 1.807) is 23.1 Å². The van der Waals surface area contributed by atoms with Gasteiger partial charge in [-0.05, 0) is 97.9 Å². The second-order valence-corrected chi connectivity index (χ2v) is 10.7. The fraction of sp³-hybridized carbons (Fsp3) is 0.261. The topological polar surface area (TPSA) is 66.9 Å². The summed E-state index contributed by atoms with van der Waals surface area (Å²) in [7, 11) is 0. The van der Waals surface area contributed by atoms with Crippen LogP contribution < -0.4 is 4.74 Å². The van der Waals surface area contributed by atoms with Gasteiger partial charge in [0.1, 0.15) is 18.9 Å². The Hall–Kier alpha value is -1.81. The molecule has 3 amide bonds. The summed E-state index contributed by atoms with van der Waals surface area (Å²) in [5.74, 6) is -0.0250. The Kier molecular flexibility index (Phi) is 7.83. The zero-order valence-electron chi connectivity index (χ0n) is 17.4. The first-order chi connectivity index (χ1) is 15.8. The lowest BCUT2D eigenvalue weighted by molar-refractivity contribution is -0.135. The van der Waals surface area contributed by atoms with Gasteiger partial charge in [-0.25, -0.2) is 0 Å². The molecule has 0 spiro atoms. The second-order valence-electron chi connectivity index (χ2n) is 7.58. The molecule has 2 heterocycles. The Balaban J connectivity index is 1.45. The number of imide groups is 1. The van der Waals surface area contributed by atoms with E-state index in [-0.39, 0.29) is 17.4 Å². The monoisotopic (exact) mass is 612 g/mol. The van der Waals surface area contributed by atoms with Crippen molar-refractivity contribution >= 4 is 78.4 Å². The molecule has 6 nitrogen and oxygen atoms in total. The van der Waals surface area contributed by atoms with Gasteiger partial charge in [-0.15, -0.1) is 0 Å². The van der Waals surface area contributed by atoms with Crippen molar-refractivity contribution < 1.29 is 19.1 Å². The molecule has 33 heavy (non-hydrogen) atoms. The van der Waals surface area contributed by atoms with E-state index in [1.807, 2.05) is 24.3 Å². The Morgan fingerprint density at radius 1 is 1.09 bits per heavy atom. The van der Waals surface area contributed by atoms with Crippen molar-refractivity contribution in [3.63, 3.8) is 0 Å². The van der Waals surface area contributed by atoms with Crippen LogP contribution in [0.15, 0.2) is 50.2 Å². The van der Waals surface area contributed by atoms with Crippen LogP contribution in [-0.2, 0) is 16.2 Å². The fourth-order valence-electron chi connectivity index (χ4n) is 3.53. The van der Waals surface area contributed by atoms with Crippen LogP contribution in [0, 0.1) is 0 Å². The minimum atomic E-state index is -0.451. The molecule has 172 valence electrons. The van der Waals surface area contributed by atoms with Gasteiger partial charge in [0.2, 0.25) is 5.91 Å². The first-order valence-corrected chi connectivity index (χ1v) is 13.0. The zero-order valence-corrected chi connectivity index (χ0v) is 22.1. The van der Waals surface area contributed by atoms with Crippen LogP contribution >= 0.6 is 55.2 Å². The van der Waals surface area contributed by atoms with Crippen LogP contribution in [0.2, 0.25) is 5.02 Å². The van der Waals surface area contributed by atoms with E-state index in [2.05, 4.69) is 31.9 Å². The van der Waals surface area contributed by atoms with E-state index in [4.69, 9.17) is 16.3 Å². The first-order valence-electron chi connectivity index (χ1n) is 10.2. The third-order valence-electron chi connectivity index (χ3n) is 5.24. The summed E-state index contributed by atoms with van der Waals surface area (Å²) in [4.78, 5) is 40.5. The normalized spacial score (nSPS) is 17.4. The smallest absolute Gasteiger partial charge is 0.294 e. The third kappa shape index (κ3) is 5.82. The predicted molar refractivity (Wildman–Crippen MR) is 136 cm³/mol. The molecule has 0 atom stereocenters. The molecule has 0 saturated carbocycles. The number of hydrogen-bond donors (Lipinski definition) is 0. The fourth-order valence-corrected chi connectivity index (χ4v) is 5.94. The second kappa shape index (κ2) is 10.6. The van der Waals surface area contributed by atoms with E-state index < -0.39 is 11.1 Å². The number of carbonyl (C=O) groups is 3. The lowest BCUT2D eigenvalue weighted by Crippen LogP contribution is -2.40. The SMILES string of the molecule is O=C(CN1C(=O)S/C(=C/c2cc(Br)c(OCc3ccc(Cl)cc3)c(Br)c2)C1=O)N1CCCC1. The molecule has 0 bridgehead atoms. The van der Waals surface area contributed by atoms with Gasteiger partial charge in [-0.3, -0.25) is 19.3 Å². The number of likely N-dealkylation sites (tertiary alicyclic amines) is 1. The molecule has 0 aliphatic carbocycles. The summed E-state index contributed by atoms with van der Waals surface area (Å²) in [6.45, 7) is 1.50.